The van der Waals surface area contributed by atoms with Crippen molar-refractivity contribution in [3.8, 4) is 0 Å². The van der Waals surface area contributed by atoms with Gasteiger partial charge in [-0.1, -0.05) is 0 Å². The van der Waals surface area contributed by atoms with E-state index in [-0.39, 0.29) is 26.2 Å². The first-order valence-electron chi connectivity index (χ1n) is 6.51. The van der Waals surface area contributed by atoms with Crippen LogP contribution in [0.3, 0.4) is 0 Å². The largest absolute Gasteiger partial charge is 0.480 e. The van der Waals surface area contributed by atoms with Gasteiger partial charge < -0.3 is 14.7 Å². The van der Waals surface area contributed by atoms with E-state index < -0.39 is 47.1 Å². The maximum absolute atomic E-state index is 12.2. The first-order chi connectivity index (χ1) is 10.4. The zero-order chi connectivity index (χ0) is 17.8. The molecule has 0 aromatic rings. The molecule has 0 aromatic heterocycles. The highest BCUT2D eigenvalue weighted by Gasteiger charge is 2.36. The van der Waals surface area contributed by atoms with E-state index in [0.717, 1.165) is 11.2 Å². The molecule has 1 aliphatic heterocycles. The molecule has 0 aromatic carbocycles. The van der Waals surface area contributed by atoms with Crippen molar-refractivity contribution in [3.05, 3.63) is 0 Å². The number of hydrogen-bond acceptors (Lipinski definition) is 5. The Kier molecular flexibility index (Phi) is 6.36. The standard InChI is InChI=1S/C11H17F3N2O6S/c1-23(20,21)16(7-10(18)19)6-8-5-15(2-3-22-8)9(17)4-11(12,13)14/h8H,2-7H2,1H3,(H,18,19). The highest BCUT2D eigenvalue weighted by Crippen LogP contribution is 2.21. The summed E-state index contributed by atoms with van der Waals surface area (Å²) in [5.74, 6) is -2.51. The Morgan fingerprint density at radius 3 is 2.48 bits per heavy atom. The van der Waals surface area contributed by atoms with Gasteiger partial charge in [0.25, 0.3) is 0 Å². The number of rotatable bonds is 6. The molecule has 8 nitrogen and oxygen atoms in total. The summed E-state index contributed by atoms with van der Waals surface area (Å²) in [5.41, 5.74) is 0. The second-order valence-electron chi connectivity index (χ2n) is 5.07. The van der Waals surface area contributed by atoms with Crippen LogP contribution in [0.25, 0.3) is 0 Å². The number of morpholine rings is 1. The summed E-state index contributed by atoms with van der Waals surface area (Å²) in [6, 6.07) is 0. The minimum absolute atomic E-state index is 0.0385. The first kappa shape index (κ1) is 19.6. The molecular weight excluding hydrogens is 345 g/mol. The van der Waals surface area contributed by atoms with E-state index in [2.05, 4.69) is 0 Å². The summed E-state index contributed by atoms with van der Waals surface area (Å²) in [6.45, 7) is -1.49. The molecule has 1 amide bonds. The molecule has 1 atom stereocenters. The molecule has 0 spiro atoms. The highest BCUT2D eigenvalue weighted by molar-refractivity contribution is 7.88. The third-order valence-corrected chi connectivity index (χ3v) is 4.25. The average molecular weight is 362 g/mol. The number of ether oxygens (including phenoxy) is 1. The Hall–Kier alpha value is -1.40. The lowest BCUT2D eigenvalue weighted by Crippen LogP contribution is -2.51. The number of sulfonamides is 1. The maximum atomic E-state index is 12.2. The zero-order valence-electron chi connectivity index (χ0n) is 12.2. The lowest BCUT2D eigenvalue weighted by Gasteiger charge is -2.35. The van der Waals surface area contributed by atoms with Crippen molar-refractivity contribution < 1.29 is 41.0 Å². The summed E-state index contributed by atoms with van der Waals surface area (Å²) >= 11 is 0. The van der Waals surface area contributed by atoms with Crippen molar-refractivity contribution in [3.63, 3.8) is 0 Å². The minimum atomic E-state index is -4.63. The van der Waals surface area contributed by atoms with Crippen molar-refractivity contribution in [2.45, 2.75) is 18.7 Å². The van der Waals surface area contributed by atoms with Gasteiger partial charge in [0.1, 0.15) is 13.0 Å². The van der Waals surface area contributed by atoms with E-state index in [9.17, 15) is 31.2 Å². The Labute approximate surface area is 130 Å². The molecule has 1 saturated heterocycles. The summed E-state index contributed by atoms with van der Waals surface area (Å²) in [6.07, 6.45) is -6.32. The fraction of sp³-hybridized carbons (Fsp3) is 0.818. The van der Waals surface area contributed by atoms with Crippen molar-refractivity contribution in [2.24, 2.45) is 0 Å². The summed E-state index contributed by atoms with van der Waals surface area (Å²) in [7, 11) is -3.84. The molecule has 134 valence electrons. The van der Waals surface area contributed by atoms with E-state index in [0.29, 0.717) is 4.31 Å². The SMILES string of the molecule is CS(=O)(=O)N(CC(=O)O)CC1CN(C(=O)CC(F)(F)F)CCO1. The number of carbonyl (C=O) groups excluding carboxylic acids is 1. The van der Waals surface area contributed by atoms with Crippen LogP contribution < -0.4 is 0 Å². The Bertz CT molecular complexity index is 550. The molecule has 0 saturated carbocycles. The first-order valence-corrected chi connectivity index (χ1v) is 8.36. The summed E-state index contributed by atoms with van der Waals surface area (Å²) in [4.78, 5) is 23.2. The van der Waals surface area contributed by atoms with E-state index in [1.165, 1.54) is 0 Å². The van der Waals surface area contributed by atoms with Crippen LogP contribution in [0.1, 0.15) is 6.42 Å². The monoisotopic (exact) mass is 362 g/mol. The molecule has 23 heavy (non-hydrogen) atoms. The fourth-order valence-corrected chi connectivity index (χ4v) is 2.82. The second kappa shape index (κ2) is 7.45. The van der Waals surface area contributed by atoms with Crippen molar-refractivity contribution >= 4 is 21.9 Å². The Morgan fingerprint density at radius 1 is 1.39 bits per heavy atom. The van der Waals surface area contributed by atoms with Crippen LogP contribution in [0.4, 0.5) is 13.2 Å². The van der Waals surface area contributed by atoms with Gasteiger partial charge in [-0.05, 0) is 0 Å². The number of amides is 1. The van der Waals surface area contributed by atoms with Gasteiger partial charge in [0.05, 0.1) is 19.0 Å². The van der Waals surface area contributed by atoms with Crippen LogP contribution in [0.15, 0.2) is 0 Å². The molecule has 0 bridgehead atoms. The molecule has 1 heterocycles. The van der Waals surface area contributed by atoms with Crippen LogP contribution in [0, 0.1) is 0 Å². The third kappa shape index (κ3) is 7.14. The fourth-order valence-electron chi connectivity index (χ4n) is 2.03. The van der Waals surface area contributed by atoms with E-state index in [4.69, 9.17) is 9.84 Å². The number of alkyl halides is 3. The van der Waals surface area contributed by atoms with Gasteiger partial charge >= 0.3 is 12.1 Å². The second-order valence-corrected chi connectivity index (χ2v) is 7.06. The van der Waals surface area contributed by atoms with Crippen molar-refractivity contribution in [1.29, 1.82) is 0 Å². The predicted octanol–water partition coefficient (Wildman–Crippen LogP) is -0.488. The third-order valence-electron chi connectivity index (χ3n) is 3.03. The van der Waals surface area contributed by atoms with Crippen LogP contribution >= 0.6 is 0 Å². The quantitative estimate of drug-likeness (QED) is 0.684. The van der Waals surface area contributed by atoms with Crippen LogP contribution in [0.5, 0.6) is 0 Å². The number of halogens is 3. The van der Waals surface area contributed by atoms with Crippen LogP contribution in [-0.4, -0.2) is 85.9 Å². The molecule has 1 N–H and O–H groups in total. The van der Waals surface area contributed by atoms with Crippen molar-refractivity contribution in [1.82, 2.24) is 9.21 Å². The molecular formula is C11H17F3N2O6S. The van der Waals surface area contributed by atoms with Crippen LogP contribution in [0.2, 0.25) is 0 Å². The average Bonchev–Trinajstić information content (AvgIpc) is 2.34. The molecule has 1 rings (SSSR count). The number of aliphatic carboxylic acids is 1. The number of nitrogens with zero attached hydrogens (tertiary/aromatic N) is 2. The molecule has 1 aliphatic rings. The number of hydrogen-bond donors (Lipinski definition) is 1. The molecule has 1 fully saturated rings. The minimum Gasteiger partial charge on any atom is -0.480 e. The van der Waals surface area contributed by atoms with E-state index in [1.54, 1.807) is 0 Å². The zero-order valence-corrected chi connectivity index (χ0v) is 13.1. The number of carboxylic acids is 1. The Morgan fingerprint density at radius 2 is 2.00 bits per heavy atom. The summed E-state index contributed by atoms with van der Waals surface area (Å²) < 4.78 is 65.6. The summed E-state index contributed by atoms with van der Waals surface area (Å²) in [5, 5.41) is 8.71. The number of carboxylic acid groups (broad SMARTS) is 1. The van der Waals surface area contributed by atoms with E-state index >= 15 is 0 Å². The van der Waals surface area contributed by atoms with Gasteiger partial charge in [0, 0.05) is 19.6 Å². The van der Waals surface area contributed by atoms with Crippen LogP contribution in [-0.2, 0) is 24.3 Å². The molecule has 0 radical (unpaired) electrons. The highest BCUT2D eigenvalue weighted by atomic mass is 32.2. The van der Waals surface area contributed by atoms with Crippen molar-refractivity contribution in [2.75, 3.05) is 39.0 Å². The molecule has 1 unspecified atom stereocenters. The van der Waals surface area contributed by atoms with E-state index in [1.807, 2.05) is 0 Å². The molecule has 0 aliphatic carbocycles. The van der Waals surface area contributed by atoms with Gasteiger partial charge in [-0.2, -0.15) is 17.5 Å². The van der Waals surface area contributed by atoms with Gasteiger partial charge in [-0.3, -0.25) is 9.59 Å². The maximum Gasteiger partial charge on any atom is 0.397 e. The van der Waals surface area contributed by atoms with Gasteiger partial charge in [0.2, 0.25) is 15.9 Å². The smallest absolute Gasteiger partial charge is 0.397 e. The van der Waals surface area contributed by atoms with Gasteiger partial charge in [0.15, 0.2) is 0 Å². The lowest BCUT2D eigenvalue weighted by molar-refractivity contribution is -0.166. The van der Waals surface area contributed by atoms with Gasteiger partial charge in [-0.15, -0.1) is 0 Å². The lowest BCUT2D eigenvalue weighted by atomic mass is 10.2. The topological polar surface area (TPSA) is 104 Å². The van der Waals surface area contributed by atoms with Gasteiger partial charge in [-0.25, -0.2) is 8.42 Å². The Balaban J connectivity index is 2.70. The predicted molar refractivity (Wildman–Crippen MR) is 71.0 cm³/mol. The normalized spacial score (nSPS) is 19.9. The molecule has 12 heteroatoms. The number of carbonyl (C=O) groups is 2.